The molecule has 0 heterocycles. The lowest BCUT2D eigenvalue weighted by Gasteiger charge is -2.10. The molecule has 0 unspecified atom stereocenters. The molecule has 0 aliphatic heterocycles. The van der Waals surface area contributed by atoms with Gasteiger partial charge in [-0.2, -0.15) is 0 Å². The Morgan fingerprint density at radius 1 is 1.11 bits per heavy atom. The van der Waals surface area contributed by atoms with E-state index in [1.807, 2.05) is 6.92 Å². The number of benzene rings is 2. The summed E-state index contributed by atoms with van der Waals surface area (Å²) in [5, 5.41) is 3.07. The van der Waals surface area contributed by atoms with Gasteiger partial charge >= 0.3 is 0 Å². The predicted molar refractivity (Wildman–Crippen MR) is 72.6 cm³/mol. The van der Waals surface area contributed by atoms with Crippen LogP contribution in [0.15, 0.2) is 40.9 Å². The molecule has 0 radical (unpaired) electrons. The highest BCUT2D eigenvalue weighted by molar-refractivity contribution is 9.10. The van der Waals surface area contributed by atoms with Crippen molar-refractivity contribution < 1.29 is 8.78 Å². The summed E-state index contributed by atoms with van der Waals surface area (Å²) < 4.78 is 27.1. The fourth-order valence-electron chi connectivity index (χ4n) is 1.66. The minimum atomic E-state index is -0.311. The molecule has 0 aliphatic carbocycles. The molecule has 0 atom stereocenters. The summed E-state index contributed by atoms with van der Waals surface area (Å²) in [6, 6.07) is 9.32. The maximum absolute atomic E-state index is 13.5. The van der Waals surface area contributed by atoms with Crippen LogP contribution in [-0.2, 0) is 6.54 Å². The van der Waals surface area contributed by atoms with Crippen molar-refractivity contribution in [2.45, 2.75) is 13.5 Å². The fraction of sp³-hybridized carbons (Fsp3) is 0.143. The van der Waals surface area contributed by atoms with Gasteiger partial charge in [-0.05, 0) is 47.1 Å². The average Bonchev–Trinajstić information content (AvgIpc) is 2.32. The first kappa shape index (κ1) is 13.0. The van der Waals surface area contributed by atoms with Crippen LogP contribution >= 0.6 is 15.9 Å². The Balaban J connectivity index is 2.13. The Morgan fingerprint density at radius 3 is 2.61 bits per heavy atom. The molecule has 0 amide bonds. The Labute approximate surface area is 113 Å². The maximum Gasteiger partial charge on any atom is 0.128 e. The lowest BCUT2D eigenvalue weighted by molar-refractivity contribution is 0.612. The summed E-state index contributed by atoms with van der Waals surface area (Å²) in [7, 11) is 0. The van der Waals surface area contributed by atoms with Crippen molar-refractivity contribution in [1.29, 1.82) is 0 Å². The van der Waals surface area contributed by atoms with Gasteiger partial charge in [0.1, 0.15) is 11.6 Å². The third-order valence-electron chi connectivity index (χ3n) is 2.60. The molecule has 0 aliphatic rings. The van der Waals surface area contributed by atoms with Crippen LogP contribution < -0.4 is 5.32 Å². The van der Waals surface area contributed by atoms with E-state index in [2.05, 4.69) is 21.2 Å². The zero-order valence-corrected chi connectivity index (χ0v) is 11.4. The van der Waals surface area contributed by atoms with Crippen LogP contribution in [0.4, 0.5) is 14.5 Å². The van der Waals surface area contributed by atoms with Gasteiger partial charge in [0, 0.05) is 22.3 Å². The average molecular weight is 312 g/mol. The first-order valence-electron chi connectivity index (χ1n) is 5.50. The Bertz CT molecular complexity index is 570. The first-order chi connectivity index (χ1) is 8.56. The van der Waals surface area contributed by atoms with E-state index < -0.39 is 0 Å². The van der Waals surface area contributed by atoms with Crippen molar-refractivity contribution in [1.82, 2.24) is 0 Å². The van der Waals surface area contributed by atoms with Crippen molar-refractivity contribution in [2.75, 3.05) is 5.32 Å². The van der Waals surface area contributed by atoms with Gasteiger partial charge in [-0.1, -0.05) is 17.7 Å². The second-order valence-electron chi connectivity index (χ2n) is 4.07. The van der Waals surface area contributed by atoms with Crippen LogP contribution in [0.3, 0.4) is 0 Å². The molecule has 0 spiro atoms. The van der Waals surface area contributed by atoms with E-state index in [1.54, 1.807) is 18.2 Å². The molecule has 2 rings (SSSR count). The van der Waals surface area contributed by atoms with Crippen LogP contribution in [0, 0.1) is 18.6 Å². The molecule has 0 aromatic heterocycles. The molecular weight excluding hydrogens is 300 g/mol. The van der Waals surface area contributed by atoms with Gasteiger partial charge in [0.15, 0.2) is 0 Å². The summed E-state index contributed by atoms with van der Waals surface area (Å²) in [5.41, 5.74) is 2.33. The highest BCUT2D eigenvalue weighted by Gasteiger charge is 2.04. The van der Waals surface area contributed by atoms with Gasteiger partial charge in [0.05, 0.1) is 0 Å². The van der Waals surface area contributed by atoms with E-state index in [4.69, 9.17) is 0 Å². The van der Waals surface area contributed by atoms with Crippen molar-refractivity contribution in [3.05, 3.63) is 63.6 Å². The van der Waals surface area contributed by atoms with Crippen LogP contribution in [0.25, 0.3) is 0 Å². The van der Waals surface area contributed by atoms with Crippen LogP contribution in [0.1, 0.15) is 11.1 Å². The largest absolute Gasteiger partial charge is 0.380 e. The normalized spacial score (nSPS) is 10.4. The maximum atomic E-state index is 13.5. The molecule has 94 valence electrons. The van der Waals surface area contributed by atoms with E-state index in [1.165, 1.54) is 18.2 Å². The van der Waals surface area contributed by atoms with E-state index in [0.717, 1.165) is 11.3 Å². The van der Waals surface area contributed by atoms with Gasteiger partial charge < -0.3 is 5.32 Å². The number of anilines is 1. The molecule has 0 saturated heterocycles. The van der Waals surface area contributed by atoms with Crippen molar-refractivity contribution in [3.8, 4) is 0 Å². The van der Waals surface area contributed by atoms with Gasteiger partial charge in [0.25, 0.3) is 0 Å². The van der Waals surface area contributed by atoms with E-state index in [-0.39, 0.29) is 11.6 Å². The quantitative estimate of drug-likeness (QED) is 0.870. The SMILES string of the molecule is Cc1ccc(F)c(CNc2ccc(F)cc2Br)c1. The van der Waals surface area contributed by atoms with Crippen LogP contribution in [-0.4, -0.2) is 0 Å². The number of hydrogen-bond donors (Lipinski definition) is 1. The molecule has 18 heavy (non-hydrogen) atoms. The zero-order chi connectivity index (χ0) is 13.1. The van der Waals surface area contributed by atoms with Gasteiger partial charge in [-0.25, -0.2) is 8.78 Å². The van der Waals surface area contributed by atoms with Crippen LogP contribution in [0.5, 0.6) is 0 Å². The lowest BCUT2D eigenvalue weighted by Crippen LogP contribution is -2.03. The topological polar surface area (TPSA) is 12.0 Å². The number of aryl methyl sites for hydroxylation is 1. The number of halogens is 3. The first-order valence-corrected chi connectivity index (χ1v) is 6.29. The summed E-state index contributed by atoms with van der Waals surface area (Å²) in [5.74, 6) is -0.555. The van der Waals surface area contributed by atoms with E-state index in [9.17, 15) is 8.78 Å². The molecule has 4 heteroatoms. The predicted octanol–water partition coefficient (Wildman–Crippen LogP) is 4.65. The van der Waals surface area contributed by atoms with Gasteiger partial charge in [0.2, 0.25) is 0 Å². The molecule has 0 saturated carbocycles. The van der Waals surface area contributed by atoms with Crippen molar-refractivity contribution in [3.63, 3.8) is 0 Å². The second kappa shape index (κ2) is 5.48. The minimum Gasteiger partial charge on any atom is -0.380 e. The van der Waals surface area contributed by atoms with Crippen molar-refractivity contribution in [2.24, 2.45) is 0 Å². The number of nitrogens with one attached hydrogen (secondary N) is 1. The van der Waals surface area contributed by atoms with Gasteiger partial charge in [-0.15, -0.1) is 0 Å². The molecule has 1 N–H and O–H groups in total. The molecule has 2 aromatic rings. The summed E-state index contributed by atoms with van der Waals surface area (Å²) in [6.45, 7) is 2.27. The lowest BCUT2D eigenvalue weighted by atomic mass is 10.1. The molecule has 2 aromatic carbocycles. The fourth-order valence-corrected chi connectivity index (χ4v) is 2.15. The van der Waals surface area contributed by atoms with Crippen LogP contribution in [0.2, 0.25) is 0 Å². The van der Waals surface area contributed by atoms with E-state index in [0.29, 0.717) is 16.6 Å². The van der Waals surface area contributed by atoms with Gasteiger partial charge in [-0.3, -0.25) is 0 Å². The highest BCUT2D eigenvalue weighted by atomic mass is 79.9. The van der Waals surface area contributed by atoms with Crippen molar-refractivity contribution >= 4 is 21.6 Å². The van der Waals surface area contributed by atoms with E-state index >= 15 is 0 Å². The molecular formula is C14H12BrF2N. The Kier molecular flexibility index (Phi) is 3.97. The third-order valence-corrected chi connectivity index (χ3v) is 3.26. The highest BCUT2D eigenvalue weighted by Crippen LogP contribution is 2.24. The second-order valence-corrected chi connectivity index (χ2v) is 4.93. The third kappa shape index (κ3) is 3.07. The minimum absolute atomic E-state index is 0.244. The summed E-state index contributed by atoms with van der Waals surface area (Å²) >= 11 is 3.26. The zero-order valence-electron chi connectivity index (χ0n) is 9.81. The molecule has 0 fully saturated rings. The summed E-state index contributed by atoms with van der Waals surface area (Å²) in [4.78, 5) is 0. The molecule has 1 nitrogen and oxygen atoms in total. The number of rotatable bonds is 3. The Hall–Kier alpha value is -1.42. The standard InChI is InChI=1S/C14H12BrF2N/c1-9-2-4-13(17)10(6-9)8-18-14-5-3-11(16)7-12(14)15/h2-7,18H,8H2,1H3. The smallest absolute Gasteiger partial charge is 0.128 e. The Morgan fingerprint density at radius 2 is 1.89 bits per heavy atom. The summed E-state index contributed by atoms with van der Waals surface area (Å²) in [6.07, 6.45) is 0. The monoisotopic (exact) mass is 311 g/mol. The number of hydrogen-bond acceptors (Lipinski definition) is 1. The molecule has 0 bridgehead atoms.